The minimum Gasteiger partial charge on any atom is -0.469 e. The van der Waals surface area contributed by atoms with Gasteiger partial charge < -0.3 is 19.9 Å². The van der Waals surface area contributed by atoms with Crippen LogP contribution in [0.5, 0.6) is 0 Å². The Morgan fingerprint density at radius 3 is 2.54 bits per heavy atom. The van der Waals surface area contributed by atoms with Crippen LogP contribution in [0.3, 0.4) is 0 Å². The van der Waals surface area contributed by atoms with E-state index < -0.39 is 0 Å². The molecule has 7 heteroatoms. The molecule has 1 aromatic rings. The molecular formula is C21H35IN4O2. The minimum atomic E-state index is -0.145. The fourth-order valence-corrected chi connectivity index (χ4v) is 3.33. The quantitative estimate of drug-likeness (QED) is 0.204. The van der Waals surface area contributed by atoms with Crippen molar-refractivity contribution in [2.75, 3.05) is 51.3 Å². The molecule has 0 aliphatic carbocycles. The number of ether oxygens (including phenoxy) is 1. The molecule has 0 radical (unpaired) electrons. The SMILES string of the molecule is CCNC(=NCCCCC(=O)OC)N1CCN(c2cccc(C)c2C)CC1.I. The van der Waals surface area contributed by atoms with Gasteiger partial charge in [-0.25, -0.2) is 0 Å². The Morgan fingerprint density at radius 1 is 1.18 bits per heavy atom. The number of aryl methyl sites for hydroxylation is 1. The maximum absolute atomic E-state index is 11.2. The zero-order valence-corrected chi connectivity index (χ0v) is 20.0. The van der Waals surface area contributed by atoms with Gasteiger partial charge in [0, 0.05) is 51.4 Å². The number of nitrogens with one attached hydrogen (secondary N) is 1. The highest BCUT2D eigenvalue weighted by Gasteiger charge is 2.20. The highest BCUT2D eigenvalue weighted by Crippen LogP contribution is 2.23. The van der Waals surface area contributed by atoms with Crippen LogP contribution in [0.4, 0.5) is 5.69 Å². The van der Waals surface area contributed by atoms with Gasteiger partial charge in [0.15, 0.2) is 5.96 Å². The first kappa shape index (κ1) is 24.5. The summed E-state index contributed by atoms with van der Waals surface area (Å²) in [6.07, 6.45) is 2.18. The second kappa shape index (κ2) is 12.9. The monoisotopic (exact) mass is 502 g/mol. The molecule has 0 unspecified atom stereocenters. The number of hydrogen-bond acceptors (Lipinski definition) is 4. The highest BCUT2D eigenvalue weighted by atomic mass is 127. The van der Waals surface area contributed by atoms with Gasteiger partial charge in [0.2, 0.25) is 0 Å². The number of esters is 1. The summed E-state index contributed by atoms with van der Waals surface area (Å²) in [5.41, 5.74) is 4.06. The van der Waals surface area contributed by atoms with Gasteiger partial charge in [-0.3, -0.25) is 9.79 Å². The van der Waals surface area contributed by atoms with Crippen LogP contribution in [0.15, 0.2) is 23.2 Å². The van der Waals surface area contributed by atoms with Crippen LogP contribution < -0.4 is 10.2 Å². The van der Waals surface area contributed by atoms with E-state index >= 15 is 0 Å². The van der Waals surface area contributed by atoms with Crippen molar-refractivity contribution in [2.45, 2.75) is 40.0 Å². The van der Waals surface area contributed by atoms with Crippen molar-refractivity contribution in [3.8, 4) is 0 Å². The standard InChI is InChI=1S/C21H34N4O2.HI/c1-5-22-21(23-12-7-6-11-20(26)27-4)25-15-13-24(14-16-25)19-10-8-9-17(2)18(19)3;/h8-10H,5-7,11-16H2,1-4H3,(H,22,23);1H. The Balaban J connectivity index is 0.00000392. The van der Waals surface area contributed by atoms with Crippen LogP contribution in [-0.4, -0.2) is 63.2 Å². The molecule has 0 bridgehead atoms. The van der Waals surface area contributed by atoms with Gasteiger partial charge in [-0.2, -0.15) is 0 Å². The lowest BCUT2D eigenvalue weighted by molar-refractivity contribution is -0.140. The third-order valence-corrected chi connectivity index (χ3v) is 5.11. The summed E-state index contributed by atoms with van der Waals surface area (Å²) in [6, 6.07) is 6.54. The third kappa shape index (κ3) is 7.14. The maximum atomic E-state index is 11.2. The number of carbonyl (C=O) groups is 1. The normalized spacial score (nSPS) is 14.5. The Bertz CT molecular complexity index is 643. The van der Waals surface area contributed by atoms with E-state index in [1.807, 2.05) is 0 Å². The number of piperazine rings is 1. The zero-order valence-electron chi connectivity index (χ0n) is 17.7. The topological polar surface area (TPSA) is 57.2 Å². The van der Waals surface area contributed by atoms with Crippen LogP contribution in [0, 0.1) is 13.8 Å². The molecule has 0 amide bonds. The van der Waals surface area contributed by atoms with Crippen molar-refractivity contribution >= 4 is 41.6 Å². The summed E-state index contributed by atoms with van der Waals surface area (Å²) >= 11 is 0. The molecule has 0 aromatic heterocycles. The van der Waals surface area contributed by atoms with Crippen LogP contribution in [0.2, 0.25) is 0 Å². The molecular weight excluding hydrogens is 467 g/mol. The third-order valence-electron chi connectivity index (χ3n) is 5.11. The lowest BCUT2D eigenvalue weighted by Gasteiger charge is -2.38. The van der Waals surface area contributed by atoms with Gasteiger partial charge in [0.25, 0.3) is 0 Å². The molecule has 0 atom stereocenters. The first-order valence-corrected chi connectivity index (χ1v) is 9.98. The molecule has 158 valence electrons. The summed E-state index contributed by atoms with van der Waals surface area (Å²) in [5.74, 6) is 0.838. The lowest BCUT2D eigenvalue weighted by atomic mass is 10.1. The Hall–Kier alpha value is -1.51. The van der Waals surface area contributed by atoms with Crippen molar-refractivity contribution in [3.05, 3.63) is 29.3 Å². The molecule has 1 aliphatic heterocycles. The number of nitrogens with zero attached hydrogens (tertiary/aromatic N) is 3. The van der Waals surface area contributed by atoms with Crippen LogP contribution in [0.25, 0.3) is 0 Å². The fourth-order valence-electron chi connectivity index (χ4n) is 3.33. The molecule has 6 nitrogen and oxygen atoms in total. The largest absolute Gasteiger partial charge is 0.469 e. The number of rotatable bonds is 7. The minimum absolute atomic E-state index is 0. The van der Waals surface area contributed by atoms with Gasteiger partial charge in [0.1, 0.15) is 0 Å². The first-order chi connectivity index (χ1) is 13.1. The Labute approximate surface area is 186 Å². The average molecular weight is 502 g/mol. The second-order valence-electron chi connectivity index (χ2n) is 6.96. The van der Waals surface area contributed by atoms with Crippen molar-refractivity contribution in [3.63, 3.8) is 0 Å². The number of aliphatic imine (C=N–C) groups is 1. The summed E-state index contributed by atoms with van der Waals surface area (Å²) in [4.78, 5) is 20.7. The molecule has 0 saturated carbocycles. The molecule has 2 rings (SSSR count). The van der Waals surface area contributed by atoms with Crippen molar-refractivity contribution in [1.82, 2.24) is 10.2 Å². The molecule has 1 saturated heterocycles. The molecule has 1 aromatic carbocycles. The van der Waals surface area contributed by atoms with E-state index in [2.05, 4.69) is 58.8 Å². The average Bonchev–Trinajstić information content (AvgIpc) is 2.69. The van der Waals surface area contributed by atoms with Gasteiger partial charge in [-0.15, -0.1) is 24.0 Å². The van der Waals surface area contributed by atoms with E-state index in [1.165, 1.54) is 23.9 Å². The number of benzene rings is 1. The summed E-state index contributed by atoms with van der Waals surface area (Å²) in [7, 11) is 1.43. The number of halogens is 1. The number of methoxy groups -OCH3 is 1. The zero-order chi connectivity index (χ0) is 19.6. The maximum Gasteiger partial charge on any atom is 0.305 e. The number of hydrogen-bond donors (Lipinski definition) is 1. The van der Waals surface area contributed by atoms with E-state index in [0.717, 1.165) is 58.1 Å². The number of anilines is 1. The summed E-state index contributed by atoms with van der Waals surface area (Å²) in [5, 5.41) is 3.40. The molecule has 1 aliphatic rings. The number of guanidine groups is 1. The Kier molecular flexibility index (Phi) is 11.3. The van der Waals surface area contributed by atoms with E-state index in [4.69, 9.17) is 4.99 Å². The van der Waals surface area contributed by atoms with E-state index in [1.54, 1.807) is 0 Å². The lowest BCUT2D eigenvalue weighted by Crippen LogP contribution is -2.52. The van der Waals surface area contributed by atoms with Gasteiger partial charge in [0.05, 0.1) is 7.11 Å². The molecule has 1 N–H and O–H groups in total. The van der Waals surface area contributed by atoms with E-state index in [9.17, 15) is 4.79 Å². The van der Waals surface area contributed by atoms with Crippen molar-refractivity contribution in [2.24, 2.45) is 4.99 Å². The van der Waals surface area contributed by atoms with Crippen LogP contribution in [0.1, 0.15) is 37.3 Å². The predicted octanol–water partition coefficient (Wildman–Crippen LogP) is 3.35. The number of unbranched alkanes of at least 4 members (excludes halogenated alkanes) is 1. The molecule has 0 spiro atoms. The fraction of sp³-hybridized carbons (Fsp3) is 0.619. The van der Waals surface area contributed by atoms with E-state index in [0.29, 0.717) is 6.42 Å². The second-order valence-corrected chi connectivity index (χ2v) is 6.96. The van der Waals surface area contributed by atoms with E-state index in [-0.39, 0.29) is 29.9 Å². The Morgan fingerprint density at radius 2 is 1.89 bits per heavy atom. The first-order valence-electron chi connectivity index (χ1n) is 9.98. The summed E-state index contributed by atoms with van der Waals surface area (Å²) in [6.45, 7) is 12.0. The number of carbonyl (C=O) groups excluding carboxylic acids is 1. The van der Waals surface area contributed by atoms with Gasteiger partial charge in [-0.1, -0.05) is 12.1 Å². The van der Waals surface area contributed by atoms with Crippen molar-refractivity contribution in [1.29, 1.82) is 0 Å². The molecule has 1 fully saturated rings. The highest BCUT2D eigenvalue weighted by molar-refractivity contribution is 14.0. The molecule has 1 heterocycles. The summed E-state index contributed by atoms with van der Waals surface area (Å²) < 4.78 is 4.67. The molecule has 28 heavy (non-hydrogen) atoms. The smallest absolute Gasteiger partial charge is 0.305 e. The van der Waals surface area contributed by atoms with Crippen molar-refractivity contribution < 1.29 is 9.53 Å². The van der Waals surface area contributed by atoms with Crippen LogP contribution in [-0.2, 0) is 9.53 Å². The van der Waals surface area contributed by atoms with Gasteiger partial charge >= 0.3 is 5.97 Å². The predicted molar refractivity (Wildman–Crippen MR) is 127 cm³/mol. The van der Waals surface area contributed by atoms with Crippen LogP contribution >= 0.6 is 24.0 Å². The van der Waals surface area contributed by atoms with Gasteiger partial charge in [-0.05, 0) is 50.8 Å².